The van der Waals surface area contributed by atoms with Gasteiger partial charge < -0.3 is 9.88 Å². The SMILES string of the molecule is Cn1ccc(C(=O)Nc2cnc(C(C)(C)C)nc2)cc1=O. The smallest absolute Gasteiger partial charge is 0.256 e. The molecular formula is C15H18N4O2. The summed E-state index contributed by atoms with van der Waals surface area (Å²) in [4.78, 5) is 32.0. The molecule has 0 unspecified atom stereocenters. The second-order valence-corrected chi connectivity index (χ2v) is 5.86. The normalized spacial score (nSPS) is 11.2. The number of aromatic nitrogens is 3. The number of anilines is 1. The highest BCUT2D eigenvalue weighted by Gasteiger charge is 2.17. The fourth-order valence-electron chi connectivity index (χ4n) is 1.67. The number of hydrogen-bond acceptors (Lipinski definition) is 4. The van der Waals surface area contributed by atoms with Crippen LogP contribution in [0, 0.1) is 0 Å². The lowest BCUT2D eigenvalue weighted by Gasteiger charge is -2.16. The lowest BCUT2D eigenvalue weighted by Crippen LogP contribution is -2.20. The second-order valence-electron chi connectivity index (χ2n) is 5.86. The summed E-state index contributed by atoms with van der Waals surface area (Å²) in [7, 11) is 1.63. The van der Waals surface area contributed by atoms with Gasteiger partial charge in [0.15, 0.2) is 0 Å². The van der Waals surface area contributed by atoms with Crippen LogP contribution in [0.15, 0.2) is 35.5 Å². The van der Waals surface area contributed by atoms with Gasteiger partial charge in [0.1, 0.15) is 5.82 Å². The Labute approximate surface area is 122 Å². The predicted octanol–water partition coefficient (Wildman–Crippen LogP) is 1.73. The molecule has 0 spiro atoms. The van der Waals surface area contributed by atoms with Crippen LogP contribution in [0.2, 0.25) is 0 Å². The first kappa shape index (κ1) is 14.9. The second kappa shape index (κ2) is 5.47. The van der Waals surface area contributed by atoms with Gasteiger partial charge in [-0.3, -0.25) is 9.59 Å². The molecule has 2 aromatic rings. The first-order valence-electron chi connectivity index (χ1n) is 6.58. The monoisotopic (exact) mass is 286 g/mol. The van der Waals surface area contributed by atoms with Crippen molar-refractivity contribution in [3.8, 4) is 0 Å². The summed E-state index contributed by atoms with van der Waals surface area (Å²) in [6.45, 7) is 6.04. The van der Waals surface area contributed by atoms with E-state index in [2.05, 4.69) is 15.3 Å². The Balaban J connectivity index is 2.16. The van der Waals surface area contributed by atoms with E-state index in [4.69, 9.17) is 0 Å². The van der Waals surface area contributed by atoms with Crippen molar-refractivity contribution in [2.75, 3.05) is 5.32 Å². The molecule has 0 radical (unpaired) electrons. The van der Waals surface area contributed by atoms with E-state index in [0.717, 1.165) is 0 Å². The van der Waals surface area contributed by atoms with Crippen LogP contribution in [0.1, 0.15) is 37.0 Å². The Morgan fingerprint density at radius 3 is 2.38 bits per heavy atom. The molecule has 0 aliphatic rings. The number of aryl methyl sites for hydroxylation is 1. The van der Waals surface area contributed by atoms with E-state index in [9.17, 15) is 9.59 Å². The van der Waals surface area contributed by atoms with E-state index in [1.807, 2.05) is 20.8 Å². The Morgan fingerprint density at radius 1 is 1.24 bits per heavy atom. The number of carbonyl (C=O) groups excluding carboxylic acids is 1. The molecule has 0 fully saturated rings. The van der Waals surface area contributed by atoms with Crippen molar-refractivity contribution in [1.29, 1.82) is 0 Å². The summed E-state index contributed by atoms with van der Waals surface area (Å²) in [5, 5.41) is 2.67. The molecule has 110 valence electrons. The highest BCUT2D eigenvalue weighted by atomic mass is 16.2. The number of nitrogens with one attached hydrogen (secondary N) is 1. The highest BCUT2D eigenvalue weighted by Crippen LogP contribution is 2.18. The zero-order chi connectivity index (χ0) is 15.6. The van der Waals surface area contributed by atoms with Gasteiger partial charge in [0.25, 0.3) is 11.5 Å². The molecule has 0 bridgehead atoms. The Bertz CT molecular complexity index is 712. The molecule has 0 saturated heterocycles. The third-order valence-electron chi connectivity index (χ3n) is 2.95. The molecule has 2 heterocycles. The van der Waals surface area contributed by atoms with Gasteiger partial charge in [-0.25, -0.2) is 9.97 Å². The van der Waals surface area contributed by atoms with Crippen LogP contribution < -0.4 is 10.9 Å². The number of rotatable bonds is 2. The van der Waals surface area contributed by atoms with Crippen LogP contribution in [0.3, 0.4) is 0 Å². The zero-order valence-electron chi connectivity index (χ0n) is 12.5. The molecule has 0 aliphatic heterocycles. The molecule has 0 saturated carbocycles. The van der Waals surface area contributed by atoms with Gasteiger partial charge >= 0.3 is 0 Å². The molecule has 1 N–H and O–H groups in total. The largest absolute Gasteiger partial charge is 0.319 e. The number of carbonyl (C=O) groups is 1. The quantitative estimate of drug-likeness (QED) is 0.912. The van der Waals surface area contributed by atoms with Crippen molar-refractivity contribution in [3.05, 3.63) is 52.5 Å². The molecular weight excluding hydrogens is 268 g/mol. The maximum Gasteiger partial charge on any atom is 0.256 e. The predicted molar refractivity (Wildman–Crippen MR) is 80.4 cm³/mol. The average molecular weight is 286 g/mol. The summed E-state index contributed by atoms with van der Waals surface area (Å²) in [5.74, 6) is 0.342. The highest BCUT2D eigenvalue weighted by molar-refractivity contribution is 6.03. The third kappa shape index (κ3) is 3.53. The maximum atomic E-state index is 12.0. The van der Waals surface area contributed by atoms with Crippen molar-refractivity contribution < 1.29 is 4.79 Å². The standard InChI is InChI=1S/C15H18N4O2/c1-15(2,3)14-16-8-11(9-17-14)18-13(21)10-5-6-19(4)12(20)7-10/h5-9H,1-4H3,(H,18,21). The topological polar surface area (TPSA) is 76.9 Å². The Hall–Kier alpha value is -2.50. The summed E-state index contributed by atoms with van der Waals surface area (Å²) in [6.07, 6.45) is 4.68. The van der Waals surface area contributed by atoms with E-state index in [1.54, 1.807) is 31.7 Å². The lowest BCUT2D eigenvalue weighted by atomic mass is 9.96. The fraction of sp³-hybridized carbons (Fsp3) is 0.333. The van der Waals surface area contributed by atoms with Gasteiger partial charge in [-0.2, -0.15) is 0 Å². The van der Waals surface area contributed by atoms with E-state index < -0.39 is 0 Å². The van der Waals surface area contributed by atoms with Crippen LogP contribution in [-0.2, 0) is 12.5 Å². The molecule has 6 nitrogen and oxygen atoms in total. The summed E-state index contributed by atoms with van der Waals surface area (Å²) < 4.78 is 1.40. The number of hydrogen-bond donors (Lipinski definition) is 1. The minimum absolute atomic E-state index is 0.145. The molecule has 6 heteroatoms. The Kier molecular flexibility index (Phi) is 3.88. The number of amides is 1. The number of nitrogens with zero attached hydrogens (tertiary/aromatic N) is 3. The molecule has 0 aliphatic carbocycles. The van der Waals surface area contributed by atoms with Crippen LogP contribution in [0.25, 0.3) is 0 Å². The van der Waals surface area contributed by atoms with E-state index in [0.29, 0.717) is 17.1 Å². The lowest BCUT2D eigenvalue weighted by molar-refractivity contribution is 0.102. The van der Waals surface area contributed by atoms with Crippen LogP contribution in [0.5, 0.6) is 0 Å². The maximum absolute atomic E-state index is 12.0. The van der Waals surface area contributed by atoms with Crippen molar-refractivity contribution in [2.45, 2.75) is 26.2 Å². The molecule has 0 aromatic carbocycles. The zero-order valence-corrected chi connectivity index (χ0v) is 12.5. The van der Waals surface area contributed by atoms with E-state index in [1.165, 1.54) is 10.6 Å². The molecule has 21 heavy (non-hydrogen) atoms. The molecule has 2 aromatic heterocycles. The minimum Gasteiger partial charge on any atom is -0.319 e. The first-order chi connectivity index (χ1) is 9.77. The van der Waals surface area contributed by atoms with Gasteiger partial charge in [0.05, 0.1) is 18.1 Å². The summed E-state index contributed by atoms with van der Waals surface area (Å²) in [6, 6.07) is 2.88. The third-order valence-corrected chi connectivity index (χ3v) is 2.95. The van der Waals surface area contributed by atoms with Gasteiger partial charge in [0, 0.05) is 30.3 Å². The van der Waals surface area contributed by atoms with Crippen LogP contribution in [0.4, 0.5) is 5.69 Å². The van der Waals surface area contributed by atoms with E-state index in [-0.39, 0.29) is 16.9 Å². The molecule has 2 rings (SSSR count). The number of pyridine rings is 1. The van der Waals surface area contributed by atoms with Gasteiger partial charge in [0.2, 0.25) is 0 Å². The summed E-state index contributed by atoms with van der Waals surface area (Å²) in [5.41, 5.74) is 0.419. The minimum atomic E-state index is -0.361. The van der Waals surface area contributed by atoms with Gasteiger partial charge in [-0.05, 0) is 6.07 Å². The molecule has 1 amide bonds. The van der Waals surface area contributed by atoms with Crippen LogP contribution in [-0.4, -0.2) is 20.4 Å². The summed E-state index contributed by atoms with van der Waals surface area (Å²) >= 11 is 0. The van der Waals surface area contributed by atoms with Crippen molar-refractivity contribution >= 4 is 11.6 Å². The molecule has 0 atom stereocenters. The van der Waals surface area contributed by atoms with Crippen molar-refractivity contribution in [3.63, 3.8) is 0 Å². The van der Waals surface area contributed by atoms with Gasteiger partial charge in [-0.1, -0.05) is 20.8 Å². The average Bonchev–Trinajstić information content (AvgIpc) is 2.41. The fourth-order valence-corrected chi connectivity index (χ4v) is 1.67. The van der Waals surface area contributed by atoms with Crippen LogP contribution >= 0.6 is 0 Å². The Morgan fingerprint density at radius 2 is 1.86 bits per heavy atom. The first-order valence-corrected chi connectivity index (χ1v) is 6.58. The van der Waals surface area contributed by atoms with Crippen molar-refractivity contribution in [1.82, 2.24) is 14.5 Å². The van der Waals surface area contributed by atoms with E-state index >= 15 is 0 Å². The van der Waals surface area contributed by atoms with Gasteiger partial charge in [-0.15, -0.1) is 0 Å². The van der Waals surface area contributed by atoms with Crippen molar-refractivity contribution in [2.24, 2.45) is 7.05 Å².